The third-order valence-electron chi connectivity index (χ3n) is 20.2. The Bertz CT molecular complexity index is 2270. The summed E-state index contributed by atoms with van der Waals surface area (Å²) >= 11 is 0. The fraction of sp³-hybridized carbons (Fsp3) is 0.831. The fourth-order valence-electron chi connectivity index (χ4n) is 16.0. The molecule has 458 valence electrons. The van der Waals surface area contributed by atoms with Gasteiger partial charge >= 0.3 is 11.9 Å². The molecule has 8 fully saturated rings. The van der Waals surface area contributed by atoms with Crippen LogP contribution in [0.2, 0.25) is 0 Å². The van der Waals surface area contributed by atoms with E-state index in [4.69, 9.17) is 61.6 Å². The van der Waals surface area contributed by atoms with Crippen molar-refractivity contribution in [1.29, 1.82) is 0 Å². The Hall–Kier alpha value is -2.82. The van der Waals surface area contributed by atoms with Crippen LogP contribution in [0.25, 0.3) is 6.08 Å². The van der Waals surface area contributed by atoms with E-state index in [-0.39, 0.29) is 30.3 Å². The van der Waals surface area contributed by atoms with E-state index in [1.54, 1.807) is 41.1 Å². The summed E-state index contributed by atoms with van der Waals surface area (Å²) < 4.78 is 81.2. The Morgan fingerprint density at radius 1 is 0.691 bits per heavy atom. The number of carbonyl (C=O) groups excluding carboxylic acids is 2. The normalized spacial score (nSPS) is 48.6. The average Bonchev–Trinajstić information content (AvgIpc) is 2.77. The summed E-state index contributed by atoms with van der Waals surface area (Å²) in [6, 6.07) is 9.44. The third-order valence-corrected chi connectivity index (χ3v) is 20.2. The molecule has 29 atom stereocenters. The molecule has 0 spiro atoms. The number of fused-ring (bicyclic) bond motifs is 5. The van der Waals surface area contributed by atoms with E-state index in [2.05, 4.69) is 6.92 Å². The van der Waals surface area contributed by atoms with Crippen molar-refractivity contribution in [2.24, 2.45) is 34.5 Å². The summed E-state index contributed by atoms with van der Waals surface area (Å²) in [5, 5.41) is 76.9. The number of ether oxygens (including phenoxy) is 13. The van der Waals surface area contributed by atoms with Crippen molar-refractivity contribution in [3.05, 3.63) is 42.0 Å². The largest absolute Gasteiger partial charge is 0.458 e. The van der Waals surface area contributed by atoms with Crippen LogP contribution in [0.4, 0.5) is 0 Å². The maximum absolute atomic E-state index is 14.0. The monoisotopic (exact) mass is 1150 g/mol. The van der Waals surface area contributed by atoms with Crippen LogP contribution in [0.5, 0.6) is 0 Å². The van der Waals surface area contributed by atoms with Crippen molar-refractivity contribution in [1.82, 2.24) is 0 Å². The predicted octanol–water partition coefficient (Wildman–Crippen LogP) is 2.68. The second-order valence-electron chi connectivity index (χ2n) is 24.7. The van der Waals surface area contributed by atoms with Crippen LogP contribution in [-0.2, 0) is 71.2 Å². The molecule has 1 aromatic rings. The first-order valence-electron chi connectivity index (χ1n) is 29.2. The van der Waals surface area contributed by atoms with Gasteiger partial charge in [-0.1, -0.05) is 44.2 Å². The molecule has 8 aliphatic rings. The van der Waals surface area contributed by atoms with Gasteiger partial charge in [-0.15, -0.1) is 0 Å². The van der Waals surface area contributed by atoms with Gasteiger partial charge in [-0.2, -0.15) is 0 Å². The Kier molecular flexibility index (Phi) is 19.8. The fourth-order valence-corrected chi connectivity index (χ4v) is 16.0. The lowest BCUT2D eigenvalue weighted by molar-refractivity contribution is -0.373. The van der Waals surface area contributed by atoms with Crippen LogP contribution in [0.1, 0.15) is 112 Å². The molecule has 0 aromatic heterocycles. The molecular formula is C59H90O22. The molecule has 81 heavy (non-hydrogen) atoms. The number of hydrogen-bond donors (Lipinski definition) is 7. The molecule has 9 rings (SSSR count). The second kappa shape index (κ2) is 25.6. The maximum atomic E-state index is 14.0. The minimum Gasteiger partial charge on any atom is -0.458 e. The lowest BCUT2D eigenvalue weighted by atomic mass is 9.41. The van der Waals surface area contributed by atoms with E-state index in [1.807, 2.05) is 44.2 Å². The molecule has 0 amide bonds. The van der Waals surface area contributed by atoms with Gasteiger partial charge in [-0.25, -0.2) is 4.79 Å². The highest BCUT2D eigenvalue weighted by atomic mass is 16.8. The molecule has 1 aromatic carbocycles. The van der Waals surface area contributed by atoms with Crippen LogP contribution < -0.4 is 0 Å². The smallest absolute Gasteiger partial charge is 0.331 e. The lowest BCUT2D eigenvalue weighted by Crippen LogP contribution is -2.73. The van der Waals surface area contributed by atoms with Gasteiger partial charge in [0, 0.05) is 58.5 Å². The zero-order valence-electron chi connectivity index (χ0n) is 48.4. The molecule has 4 aliphatic heterocycles. The summed E-state index contributed by atoms with van der Waals surface area (Å²) in [5.41, 5.74) is -2.05. The molecule has 0 radical (unpaired) electrons. The van der Waals surface area contributed by atoms with Crippen molar-refractivity contribution in [2.45, 2.75) is 247 Å². The molecule has 0 unspecified atom stereocenters. The first-order chi connectivity index (χ1) is 38.5. The standard InChI is InChI=1S/C59H90O22/c1-28(61)36-21-23-59(68)37-18-17-34-24-35(20-22-57(34,6)44(37)52(54(58(36,59)7)75-32(5)62)78-41(63)19-16-33-14-12-11-13-15-33)76-42-25-38(69-8)49(29(2)72-42)79-43-26-39(70-9)50(30(3)73-43)80-56-48(67)53(71-10)51(31(4)74-56)81-55-47(66)46(65)45(64)40(27-60)77-55/h11-16,19,28-31,34-40,42-56,60-61,64-68H,17-18,20-27H2,1-10H3/b19-16+/t28-,29-,30-,31-,34+,35+,36-,37-,38+,39-,40-,42+,43+,44-,45-,46+,47-,48-,49-,50-,51-,52+,53+,54-,55+,56+,57+,58+,59+/m1/s1. The predicted molar refractivity (Wildman–Crippen MR) is 284 cm³/mol. The summed E-state index contributed by atoms with van der Waals surface area (Å²) in [4.78, 5) is 27.1. The SMILES string of the molecule is CO[C@H]1[C@@H](O)[C@H](O[C@@H]2[C@@H](C)O[C@@H](O[C@H]3[C@@H](OC)C[C@H](O[C@H]4CC[C@@]5(C)[C@@H](CC[C@@H]6[C@@H]5[C@H](OC(=O)/C=C/c5ccccc5)[C@@H](OC(C)=O)[C@]5(C)[C@@H]([C@@H](C)O)CC[C@]65O)C4)O[C@@H]3C)C[C@H]2OC)O[C@H](C)[C@H]1O[C@@H]1O[C@H](CO)[C@@H](O)[C@H](O)[C@H]1O. The Labute approximate surface area is 474 Å². The highest BCUT2D eigenvalue weighted by Crippen LogP contribution is 2.70. The number of esters is 2. The highest BCUT2D eigenvalue weighted by molar-refractivity contribution is 5.87. The van der Waals surface area contributed by atoms with Gasteiger partial charge in [0.05, 0.1) is 54.9 Å². The first kappa shape index (κ1) is 62.7. The van der Waals surface area contributed by atoms with Gasteiger partial charge < -0.3 is 97.3 Å². The zero-order valence-corrected chi connectivity index (χ0v) is 48.4. The minimum atomic E-state index is -1.68. The molecule has 7 N–H and O–H groups in total. The second-order valence-corrected chi connectivity index (χ2v) is 24.7. The molecule has 0 bridgehead atoms. The summed E-state index contributed by atoms with van der Waals surface area (Å²) in [5.74, 6) is -2.14. The summed E-state index contributed by atoms with van der Waals surface area (Å²) in [6.07, 6.45) is -13.0. The van der Waals surface area contributed by atoms with Crippen molar-refractivity contribution in [3.63, 3.8) is 0 Å². The molecule has 4 saturated carbocycles. The molecule has 4 saturated heterocycles. The van der Waals surface area contributed by atoms with Crippen LogP contribution >= 0.6 is 0 Å². The number of benzene rings is 1. The Balaban J connectivity index is 0.830. The summed E-state index contributed by atoms with van der Waals surface area (Å²) in [7, 11) is 4.53. The van der Waals surface area contributed by atoms with E-state index < -0.39 is 170 Å². The van der Waals surface area contributed by atoms with Crippen LogP contribution in [-0.4, -0.2) is 216 Å². The summed E-state index contributed by atoms with van der Waals surface area (Å²) in [6.45, 7) is 11.9. The van der Waals surface area contributed by atoms with E-state index in [0.717, 1.165) is 12.0 Å². The molecule has 22 nitrogen and oxygen atoms in total. The lowest BCUT2D eigenvalue weighted by Gasteiger charge is -2.67. The minimum absolute atomic E-state index is 0.0921. The van der Waals surface area contributed by atoms with Crippen LogP contribution in [0.3, 0.4) is 0 Å². The van der Waals surface area contributed by atoms with Gasteiger partial charge in [-0.05, 0) is 107 Å². The Morgan fingerprint density at radius 2 is 1.31 bits per heavy atom. The van der Waals surface area contributed by atoms with Crippen molar-refractivity contribution >= 4 is 18.0 Å². The van der Waals surface area contributed by atoms with Gasteiger partial charge in [0.1, 0.15) is 67.1 Å². The molecular weight excluding hydrogens is 1060 g/mol. The number of aliphatic hydroxyl groups excluding tert-OH is 6. The van der Waals surface area contributed by atoms with Crippen LogP contribution in [0.15, 0.2) is 36.4 Å². The zero-order chi connectivity index (χ0) is 58.5. The van der Waals surface area contributed by atoms with Crippen molar-refractivity contribution < 1.29 is 107 Å². The Morgan fingerprint density at radius 3 is 1.93 bits per heavy atom. The number of aliphatic hydroxyl groups is 7. The number of rotatable bonds is 17. The van der Waals surface area contributed by atoms with Gasteiger partial charge in [0.2, 0.25) is 0 Å². The van der Waals surface area contributed by atoms with Gasteiger partial charge in [-0.3, -0.25) is 4.79 Å². The topological polar surface area (TPSA) is 296 Å². The number of carbonyl (C=O) groups is 2. The maximum Gasteiger partial charge on any atom is 0.331 e. The van der Waals surface area contributed by atoms with Gasteiger partial charge in [0.15, 0.2) is 25.2 Å². The quantitative estimate of drug-likeness (QED) is 0.0670. The van der Waals surface area contributed by atoms with Crippen LogP contribution in [0, 0.1) is 34.5 Å². The molecule has 4 aliphatic carbocycles. The third kappa shape index (κ3) is 12.1. The van der Waals surface area contributed by atoms with E-state index in [9.17, 15) is 45.3 Å². The average molecular weight is 1150 g/mol. The molecule has 4 heterocycles. The van der Waals surface area contributed by atoms with Crippen molar-refractivity contribution in [3.8, 4) is 0 Å². The van der Waals surface area contributed by atoms with Crippen molar-refractivity contribution in [2.75, 3.05) is 27.9 Å². The van der Waals surface area contributed by atoms with Gasteiger partial charge in [0.25, 0.3) is 0 Å². The van der Waals surface area contributed by atoms with E-state index in [0.29, 0.717) is 44.9 Å². The number of hydrogen-bond acceptors (Lipinski definition) is 22. The molecule has 22 heteroatoms. The van der Waals surface area contributed by atoms with E-state index >= 15 is 0 Å². The number of methoxy groups -OCH3 is 3. The first-order valence-corrected chi connectivity index (χ1v) is 29.2. The van der Waals surface area contributed by atoms with E-state index in [1.165, 1.54) is 20.1 Å². The highest BCUT2D eigenvalue weighted by Gasteiger charge is 2.76.